The average Bonchev–Trinajstić information content (AvgIpc) is 2.28. The van der Waals surface area contributed by atoms with Crippen molar-refractivity contribution in [2.45, 2.75) is 0 Å². The van der Waals surface area contributed by atoms with Crippen LogP contribution in [0.3, 0.4) is 0 Å². The molecule has 0 atom stereocenters. The summed E-state index contributed by atoms with van der Waals surface area (Å²) in [5.41, 5.74) is 0. The molecule has 1 amide bonds. The highest BCUT2D eigenvalue weighted by Gasteiger charge is 2.06. The number of nitrogens with zero attached hydrogens (tertiary/aromatic N) is 1. The highest BCUT2D eigenvalue weighted by molar-refractivity contribution is 5.87. The second kappa shape index (κ2) is 8.11. The van der Waals surface area contributed by atoms with E-state index in [0.717, 1.165) is 13.1 Å². The van der Waals surface area contributed by atoms with Crippen LogP contribution < -0.4 is 20.6 Å². The molecule has 1 heterocycles. The van der Waals surface area contributed by atoms with Crippen molar-refractivity contribution in [3.63, 3.8) is 0 Å². The fraction of sp³-hybridized carbons (Fsp3) is 0.444. The van der Waals surface area contributed by atoms with Gasteiger partial charge in [0.1, 0.15) is 6.09 Å². The van der Waals surface area contributed by atoms with Crippen LogP contribution in [0.2, 0.25) is 0 Å². The molecule has 1 N–H and O–H groups in total. The molecule has 0 aromatic heterocycles. The Bertz CT molecular complexity index is 293. The molecular formula is C9H11N2O6-3. The van der Waals surface area contributed by atoms with Gasteiger partial charge in [0.05, 0.1) is 11.9 Å². The Morgan fingerprint density at radius 1 is 0.941 bits per heavy atom. The zero-order valence-electron chi connectivity index (χ0n) is 8.88. The Kier molecular flexibility index (Phi) is 7.11. The van der Waals surface area contributed by atoms with Crippen molar-refractivity contribution in [2.75, 3.05) is 26.2 Å². The van der Waals surface area contributed by atoms with Crippen molar-refractivity contribution in [2.24, 2.45) is 0 Å². The summed E-state index contributed by atoms with van der Waals surface area (Å²) in [6, 6.07) is 0. The summed E-state index contributed by atoms with van der Waals surface area (Å²) < 4.78 is 0. The van der Waals surface area contributed by atoms with E-state index in [-0.39, 0.29) is 0 Å². The summed E-state index contributed by atoms with van der Waals surface area (Å²) in [5.74, 6) is -3.09. The second-order valence-corrected chi connectivity index (χ2v) is 2.97. The molecule has 0 unspecified atom stereocenters. The lowest BCUT2D eigenvalue weighted by Crippen LogP contribution is -2.51. The van der Waals surface area contributed by atoms with Crippen LogP contribution in [-0.2, 0) is 9.59 Å². The molecule has 17 heavy (non-hydrogen) atoms. The summed E-state index contributed by atoms with van der Waals surface area (Å²) in [6.45, 7) is 2.60. The van der Waals surface area contributed by atoms with Gasteiger partial charge in [-0.15, -0.1) is 0 Å². The smallest absolute Gasteiger partial charge is 0.137 e. The first-order valence-corrected chi connectivity index (χ1v) is 4.70. The lowest BCUT2D eigenvalue weighted by Gasteiger charge is -2.29. The number of amides is 1. The molecule has 1 aliphatic heterocycles. The first-order valence-electron chi connectivity index (χ1n) is 4.70. The summed E-state index contributed by atoms with van der Waals surface area (Å²) in [7, 11) is 0. The molecule has 0 bridgehead atoms. The third-order valence-electron chi connectivity index (χ3n) is 1.73. The number of hydrogen-bond acceptors (Lipinski definition) is 7. The molecule has 96 valence electrons. The van der Waals surface area contributed by atoms with Crippen LogP contribution in [0.15, 0.2) is 12.2 Å². The lowest BCUT2D eigenvalue weighted by molar-refractivity contribution is -0.301. The SMILES string of the molecule is O=C([O-])/C=C/C(=O)[O-].O=C([O-])N1CCNCC1. The van der Waals surface area contributed by atoms with Crippen molar-refractivity contribution in [3.05, 3.63) is 12.2 Å². The van der Waals surface area contributed by atoms with Crippen LogP contribution in [0.1, 0.15) is 0 Å². The van der Waals surface area contributed by atoms with Gasteiger partial charge in [0, 0.05) is 26.2 Å². The van der Waals surface area contributed by atoms with Gasteiger partial charge in [0.2, 0.25) is 0 Å². The Balaban J connectivity index is 0.000000304. The summed E-state index contributed by atoms with van der Waals surface area (Å²) >= 11 is 0. The van der Waals surface area contributed by atoms with Crippen molar-refractivity contribution < 1.29 is 29.7 Å². The Morgan fingerprint density at radius 3 is 1.59 bits per heavy atom. The van der Waals surface area contributed by atoms with E-state index in [0.29, 0.717) is 25.2 Å². The van der Waals surface area contributed by atoms with Gasteiger partial charge in [0.15, 0.2) is 0 Å². The van der Waals surface area contributed by atoms with Crippen molar-refractivity contribution in [1.29, 1.82) is 0 Å². The van der Waals surface area contributed by atoms with E-state index in [9.17, 15) is 29.7 Å². The van der Waals surface area contributed by atoms with Crippen LogP contribution in [0.25, 0.3) is 0 Å². The number of carbonyl (C=O) groups is 3. The summed E-state index contributed by atoms with van der Waals surface area (Å²) in [5, 5.41) is 32.0. The molecule has 1 aliphatic rings. The fourth-order valence-electron chi connectivity index (χ4n) is 0.983. The second-order valence-electron chi connectivity index (χ2n) is 2.97. The minimum atomic E-state index is -1.55. The van der Waals surface area contributed by atoms with Gasteiger partial charge in [-0.25, -0.2) is 0 Å². The number of aliphatic carboxylic acids is 2. The largest absolute Gasteiger partial charge is 0.545 e. The van der Waals surface area contributed by atoms with Gasteiger partial charge >= 0.3 is 0 Å². The minimum absolute atomic E-state index is 0.384. The van der Waals surface area contributed by atoms with E-state index in [1.165, 1.54) is 4.90 Å². The molecule has 1 fully saturated rings. The van der Waals surface area contributed by atoms with Crippen molar-refractivity contribution >= 4 is 18.0 Å². The molecule has 1 rings (SSSR count). The molecule has 0 aliphatic carbocycles. The quantitative estimate of drug-likeness (QED) is 0.481. The standard InChI is InChI=1S/C5H10N2O2.C4H4O4/c8-5(9)7-3-1-6-2-4-7;5-3(6)1-2-4(7)8/h6H,1-4H2,(H,8,9);1-2H,(H,5,6)(H,7,8)/p-3/b;2-1+. The monoisotopic (exact) mass is 243 g/mol. The van der Waals surface area contributed by atoms with Crippen molar-refractivity contribution in [1.82, 2.24) is 10.2 Å². The van der Waals surface area contributed by atoms with Crippen LogP contribution in [0.5, 0.6) is 0 Å². The van der Waals surface area contributed by atoms with E-state index in [1.54, 1.807) is 0 Å². The van der Waals surface area contributed by atoms with E-state index < -0.39 is 18.0 Å². The van der Waals surface area contributed by atoms with E-state index in [4.69, 9.17) is 0 Å². The highest BCUT2D eigenvalue weighted by Crippen LogP contribution is 1.88. The van der Waals surface area contributed by atoms with Crippen LogP contribution in [-0.4, -0.2) is 49.1 Å². The lowest BCUT2D eigenvalue weighted by atomic mass is 10.4. The molecule has 0 saturated carbocycles. The number of rotatable bonds is 2. The number of carbonyl (C=O) groups excluding carboxylic acids is 3. The zero-order chi connectivity index (χ0) is 13.3. The van der Waals surface area contributed by atoms with Gasteiger partial charge in [0.25, 0.3) is 0 Å². The number of carboxylic acids is 2. The number of piperazine rings is 1. The van der Waals surface area contributed by atoms with Gasteiger partial charge in [-0.2, -0.15) is 0 Å². The van der Waals surface area contributed by atoms with Crippen LogP contribution >= 0.6 is 0 Å². The fourth-order valence-corrected chi connectivity index (χ4v) is 0.983. The topological polar surface area (TPSA) is 136 Å². The Labute approximate surface area is 97.1 Å². The maximum absolute atomic E-state index is 10.1. The van der Waals surface area contributed by atoms with Gasteiger partial charge < -0.3 is 39.9 Å². The van der Waals surface area contributed by atoms with Gasteiger partial charge in [-0.05, 0) is 12.2 Å². The molecule has 8 heteroatoms. The Morgan fingerprint density at radius 2 is 1.35 bits per heavy atom. The third-order valence-corrected chi connectivity index (χ3v) is 1.73. The first kappa shape index (κ1) is 14.9. The Hall–Kier alpha value is -2.09. The molecular weight excluding hydrogens is 232 g/mol. The van der Waals surface area contributed by atoms with E-state index in [2.05, 4.69) is 5.32 Å². The third kappa shape index (κ3) is 8.88. The first-order chi connectivity index (χ1) is 7.93. The molecule has 0 aromatic carbocycles. The number of hydrogen-bond donors (Lipinski definition) is 1. The highest BCUT2D eigenvalue weighted by atomic mass is 16.4. The maximum atomic E-state index is 10.1. The molecule has 8 nitrogen and oxygen atoms in total. The number of carboxylic acid groups (broad SMARTS) is 3. The maximum Gasteiger partial charge on any atom is 0.137 e. The summed E-state index contributed by atoms with van der Waals surface area (Å²) in [6.07, 6.45) is -0.290. The zero-order valence-corrected chi connectivity index (χ0v) is 8.88. The molecule has 1 saturated heterocycles. The van der Waals surface area contributed by atoms with Crippen molar-refractivity contribution in [3.8, 4) is 0 Å². The van der Waals surface area contributed by atoms with E-state index >= 15 is 0 Å². The minimum Gasteiger partial charge on any atom is -0.545 e. The van der Waals surface area contributed by atoms with Crippen LogP contribution in [0.4, 0.5) is 4.79 Å². The molecule has 0 radical (unpaired) electrons. The predicted octanol–water partition coefficient (Wildman–Crippen LogP) is -4.72. The number of nitrogens with one attached hydrogen (secondary N) is 1. The normalized spacial score (nSPS) is 14.9. The van der Waals surface area contributed by atoms with Crippen LogP contribution in [0, 0.1) is 0 Å². The van der Waals surface area contributed by atoms with Gasteiger partial charge in [-0.1, -0.05) is 0 Å². The molecule has 0 aromatic rings. The van der Waals surface area contributed by atoms with Gasteiger partial charge in [-0.3, -0.25) is 0 Å². The molecule has 0 spiro atoms. The predicted molar refractivity (Wildman–Crippen MR) is 49.0 cm³/mol. The average molecular weight is 243 g/mol. The summed E-state index contributed by atoms with van der Waals surface area (Å²) in [4.78, 5) is 30.3. The van der Waals surface area contributed by atoms with E-state index in [1.807, 2.05) is 0 Å².